The second kappa shape index (κ2) is 8.57. The lowest BCUT2D eigenvalue weighted by molar-refractivity contribution is -0.133. The van der Waals surface area contributed by atoms with Crippen LogP contribution in [0.1, 0.15) is 53.4 Å². The van der Waals surface area contributed by atoms with Gasteiger partial charge in [-0.15, -0.1) is 0 Å². The fraction of sp³-hybridized carbons (Fsp3) is 0.938. The van der Waals surface area contributed by atoms with E-state index in [4.69, 9.17) is 0 Å². The minimum atomic E-state index is 0.368. The Morgan fingerprint density at radius 3 is 2.11 bits per heavy atom. The molecule has 0 N–H and O–H groups in total. The first-order chi connectivity index (χ1) is 8.99. The zero-order chi connectivity index (χ0) is 14.3. The van der Waals surface area contributed by atoms with Crippen LogP contribution in [0.3, 0.4) is 0 Å². The van der Waals surface area contributed by atoms with E-state index >= 15 is 0 Å². The normalized spacial score (nSPS) is 17.5. The summed E-state index contributed by atoms with van der Waals surface area (Å²) in [5, 5.41) is 0. The van der Waals surface area contributed by atoms with Crippen LogP contribution in [0.2, 0.25) is 0 Å². The highest BCUT2D eigenvalue weighted by atomic mass is 16.2. The SMILES string of the molecule is CC(C)CCCCC(=O)N1CCN(CC(C)C)CC1. The third kappa shape index (κ3) is 6.95. The quantitative estimate of drug-likeness (QED) is 0.663. The molecule has 0 unspecified atom stereocenters. The summed E-state index contributed by atoms with van der Waals surface area (Å²) < 4.78 is 0. The molecule has 0 aromatic heterocycles. The maximum absolute atomic E-state index is 12.1. The van der Waals surface area contributed by atoms with Crippen molar-refractivity contribution in [1.82, 2.24) is 9.80 Å². The van der Waals surface area contributed by atoms with Crippen LogP contribution in [0.15, 0.2) is 0 Å². The minimum absolute atomic E-state index is 0.368. The van der Waals surface area contributed by atoms with Gasteiger partial charge >= 0.3 is 0 Å². The summed E-state index contributed by atoms with van der Waals surface area (Å²) in [5.74, 6) is 1.85. The Balaban J connectivity index is 2.14. The van der Waals surface area contributed by atoms with Gasteiger partial charge in [0.15, 0.2) is 0 Å². The van der Waals surface area contributed by atoms with Gasteiger partial charge < -0.3 is 4.90 Å². The van der Waals surface area contributed by atoms with Crippen molar-refractivity contribution in [2.75, 3.05) is 32.7 Å². The second-order valence-corrected chi connectivity index (χ2v) is 6.71. The van der Waals surface area contributed by atoms with Gasteiger partial charge in [0.05, 0.1) is 0 Å². The molecule has 1 aliphatic rings. The van der Waals surface area contributed by atoms with Gasteiger partial charge in [0.25, 0.3) is 0 Å². The molecule has 1 heterocycles. The molecule has 0 aromatic rings. The summed E-state index contributed by atoms with van der Waals surface area (Å²) in [6.07, 6.45) is 4.24. The van der Waals surface area contributed by atoms with E-state index in [1.165, 1.54) is 12.8 Å². The minimum Gasteiger partial charge on any atom is -0.340 e. The maximum Gasteiger partial charge on any atom is 0.222 e. The van der Waals surface area contributed by atoms with Crippen molar-refractivity contribution in [2.45, 2.75) is 53.4 Å². The van der Waals surface area contributed by atoms with Gasteiger partial charge in [0, 0.05) is 39.1 Å². The van der Waals surface area contributed by atoms with Gasteiger partial charge in [-0.1, -0.05) is 40.5 Å². The maximum atomic E-state index is 12.1. The van der Waals surface area contributed by atoms with E-state index in [0.29, 0.717) is 5.91 Å². The molecule has 1 rings (SSSR count). The van der Waals surface area contributed by atoms with Crippen molar-refractivity contribution >= 4 is 5.91 Å². The molecule has 0 atom stereocenters. The van der Waals surface area contributed by atoms with Crippen molar-refractivity contribution in [3.63, 3.8) is 0 Å². The molecule has 3 heteroatoms. The van der Waals surface area contributed by atoms with Gasteiger partial charge in [-0.05, 0) is 18.3 Å². The Kier molecular flexibility index (Phi) is 7.44. The van der Waals surface area contributed by atoms with Crippen LogP contribution in [0.25, 0.3) is 0 Å². The summed E-state index contributed by atoms with van der Waals surface area (Å²) in [6.45, 7) is 14.1. The molecule has 1 aliphatic heterocycles. The van der Waals surface area contributed by atoms with Crippen LogP contribution < -0.4 is 0 Å². The summed E-state index contributed by atoms with van der Waals surface area (Å²) in [5.41, 5.74) is 0. The predicted molar refractivity (Wildman–Crippen MR) is 81.2 cm³/mol. The smallest absolute Gasteiger partial charge is 0.222 e. The average molecular weight is 268 g/mol. The number of carbonyl (C=O) groups excluding carboxylic acids is 1. The van der Waals surface area contributed by atoms with Crippen molar-refractivity contribution in [2.24, 2.45) is 11.8 Å². The molecule has 19 heavy (non-hydrogen) atoms. The standard InChI is InChI=1S/C16H32N2O/c1-14(2)7-5-6-8-16(19)18-11-9-17(10-12-18)13-15(3)4/h14-15H,5-13H2,1-4H3. The highest BCUT2D eigenvalue weighted by Crippen LogP contribution is 2.11. The van der Waals surface area contributed by atoms with E-state index in [-0.39, 0.29) is 0 Å². The van der Waals surface area contributed by atoms with E-state index in [1.54, 1.807) is 0 Å². The van der Waals surface area contributed by atoms with Crippen molar-refractivity contribution < 1.29 is 4.79 Å². The Hall–Kier alpha value is -0.570. The third-order valence-electron chi connectivity index (χ3n) is 3.77. The van der Waals surface area contributed by atoms with E-state index in [9.17, 15) is 4.79 Å². The molecule has 112 valence electrons. The number of piperazine rings is 1. The number of unbranched alkanes of at least 4 members (excludes halogenated alkanes) is 1. The number of nitrogens with zero attached hydrogens (tertiary/aromatic N) is 2. The largest absolute Gasteiger partial charge is 0.340 e. The van der Waals surface area contributed by atoms with Crippen LogP contribution >= 0.6 is 0 Å². The van der Waals surface area contributed by atoms with E-state index in [2.05, 4.69) is 37.5 Å². The molecular weight excluding hydrogens is 236 g/mol. The molecular formula is C16H32N2O. The van der Waals surface area contributed by atoms with Crippen molar-refractivity contribution in [3.8, 4) is 0 Å². The number of hydrogen-bond donors (Lipinski definition) is 0. The molecule has 0 saturated carbocycles. The van der Waals surface area contributed by atoms with Gasteiger partial charge in [-0.2, -0.15) is 0 Å². The number of hydrogen-bond acceptors (Lipinski definition) is 2. The highest BCUT2D eigenvalue weighted by Gasteiger charge is 2.20. The summed E-state index contributed by atoms with van der Waals surface area (Å²) in [7, 11) is 0. The lowest BCUT2D eigenvalue weighted by Gasteiger charge is -2.35. The zero-order valence-electron chi connectivity index (χ0n) is 13.3. The first-order valence-corrected chi connectivity index (χ1v) is 7.99. The van der Waals surface area contributed by atoms with E-state index in [1.807, 2.05) is 0 Å². The first kappa shape index (κ1) is 16.5. The van der Waals surface area contributed by atoms with Crippen LogP contribution in [0.5, 0.6) is 0 Å². The van der Waals surface area contributed by atoms with E-state index < -0.39 is 0 Å². The highest BCUT2D eigenvalue weighted by molar-refractivity contribution is 5.76. The topological polar surface area (TPSA) is 23.6 Å². The number of amides is 1. The molecule has 1 amide bonds. The number of carbonyl (C=O) groups is 1. The Morgan fingerprint density at radius 2 is 1.58 bits per heavy atom. The Labute approximate surface area is 119 Å². The van der Waals surface area contributed by atoms with Gasteiger partial charge in [0.2, 0.25) is 5.91 Å². The first-order valence-electron chi connectivity index (χ1n) is 7.99. The Morgan fingerprint density at radius 1 is 0.947 bits per heavy atom. The number of rotatable bonds is 7. The molecule has 0 radical (unpaired) electrons. The molecule has 3 nitrogen and oxygen atoms in total. The molecule has 0 aliphatic carbocycles. The molecule has 1 fully saturated rings. The zero-order valence-corrected chi connectivity index (χ0v) is 13.3. The summed E-state index contributed by atoms with van der Waals surface area (Å²) >= 11 is 0. The lowest BCUT2D eigenvalue weighted by Crippen LogP contribution is -2.49. The average Bonchev–Trinajstić information content (AvgIpc) is 2.34. The van der Waals surface area contributed by atoms with Crippen LogP contribution in [-0.2, 0) is 4.79 Å². The van der Waals surface area contributed by atoms with Gasteiger partial charge in [0.1, 0.15) is 0 Å². The molecule has 0 aromatic carbocycles. The van der Waals surface area contributed by atoms with Gasteiger partial charge in [-0.3, -0.25) is 9.69 Å². The molecule has 1 saturated heterocycles. The van der Waals surface area contributed by atoms with Crippen LogP contribution in [-0.4, -0.2) is 48.4 Å². The summed E-state index contributed by atoms with van der Waals surface area (Å²) in [4.78, 5) is 16.6. The lowest BCUT2D eigenvalue weighted by atomic mass is 10.0. The van der Waals surface area contributed by atoms with Crippen molar-refractivity contribution in [1.29, 1.82) is 0 Å². The monoisotopic (exact) mass is 268 g/mol. The fourth-order valence-electron chi connectivity index (χ4n) is 2.68. The van der Waals surface area contributed by atoms with Crippen molar-refractivity contribution in [3.05, 3.63) is 0 Å². The molecule has 0 spiro atoms. The van der Waals surface area contributed by atoms with E-state index in [0.717, 1.165) is 57.4 Å². The van der Waals surface area contributed by atoms with Crippen LogP contribution in [0.4, 0.5) is 0 Å². The van der Waals surface area contributed by atoms with Gasteiger partial charge in [-0.25, -0.2) is 0 Å². The fourth-order valence-corrected chi connectivity index (χ4v) is 2.68. The second-order valence-electron chi connectivity index (χ2n) is 6.71. The molecule has 0 bridgehead atoms. The third-order valence-corrected chi connectivity index (χ3v) is 3.77. The van der Waals surface area contributed by atoms with Crippen LogP contribution in [0, 0.1) is 11.8 Å². The Bertz CT molecular complexity index is 255. The summed E-state index contributed by atoms with van der Waals surface area (Å²) in [6, 6.07) is 0. The predicted octanol–water partition coefficient (Wildman–Crippen LogP) is 3.00.